The first-order valence-corrected chi connectivity index (χ1v) is 7.30. The molecule has 0 atom stereocenters. The van der Waals surface area contributed by atoms with Crippen LogP contribution in [0.2, 0.25) is 0 Å². The summed E-state index contributed by atoms with van der Waals surface area (Å²) < 4.78 is 0. The Kier molecular flexibility index (Phi) is 4.77. The topological polar surface area (TPSA) is 49.4 Å². The highest BCUT2D eigenvalue weighted by Gasteiger charge is 2.25. The largest absolute Gasteiger partial charge is 0.336 e. The molecule has 1 aliphatic carbocycles. The number of anilines is 1. The van der Waals surface area contributed by atoms with Crippen LogP contribution in [0.1, 0.15) is 49.9 Å². The molecule has 108 valence electrons. The van der Waals surface area contributed by atoms with E-state index in [0.717, 1.165) is 25.1 Å². The van der Waals surface area contributed by atoms with E-state index in [4.69, 9.17) is 0 Å². The van der Waals surface area contributed by atoms with Gasteiger partial charge in [-0.25, -0.2) is 0 Å². The number of hydrogen-bond acceptors (Lipinski definition) is 2. The molecule has 0 bridgehead atoms. The van der Waals surface area contributed by atoms with Gasteiger partial charge in [-0.15, -0.1) is 0 Å². The number of nitrogens with zero attached hydrogens (tertiary/aromatic N) is 1. The molecule has 2 rings (SSSR count). The molecule has 0 radical (unpaired) electrons. The second-order valence-corrected chi connectivity index (χ2v) is 5.29. The molecular formula is C16H22N2O2. The number of hydrogen-bond donors (Lipinski definition) is 1. The molecule has 0 aromatic heterocycles. The van der Waals surface area contributed by atoms with E-state index in [1.807, 2.05) is 11.8 Å². The molecule has 1 aliphatic rings. The minimum Gasteiger partial charge on any atom is -0.336 e. The highest BCUT2D eigenvalue weighted by atomic mass is 16.2. The van der Waals surface area contributed by atoms with Crippen LogP contribution in [0.4, 0.5) is 5.69 Å². The van der Waals surface area contributed by atoms with Crippen molar-refractivity contribution in [2.75, 3.05) is 11.9 Å². The Bertz CT molecular complexity index is 476. The molecule has 1 aromatic carbocycles. The van der Waals surface area contributed by atoms with Crippen LogP contribution in [-0.2, 0) is 4.79 Å². The lowest BCUT2D eigenvalue weighted by Gasteiger charge is -2.27. The first-order valence-electron chi connectivity index (χ1n) is 7.30. The van der Waals surface area contributed by atoms with Crippen molar-refractivity contribution < 1.29 is 9.59 Å². The van der Waals surface area contributed by atoms with Crippen LogP contribution < -0.4 is 5.32 Å². The minimum atomic E-state index is -0.106. The second kappa shape index (κ2) is 6.55. The Morgan fingerprint density at radius 2 is 1.80 bits per heavy atom. The van der Waals surface area contributed by atoms with E-state index in [1.165, 1.54) is 19.8 Å². The minimum absolute atomic E-state index is 0.0915. The fourth-order valence-electron chi connectivity index (χ4n) is 2.85. The Morgan fingerprint density at radius 1 is 1.20 bits per heavy atom. The second-order valence-electron chi connectivity index (χ2n) is 5.29. The lowest BCUT2D eigenvalue weighted by Crippen LogP contribution is -2.38. The Morgan fingerprint density at radius 3 is 2.30 bits per heavy atom. The quantitative estimate of drug-likeness (QED) is 0.917. The normalized spacial score (nSPS) is 15.1. The highest BCUT2D eigenvalue weighted by molar-refractivity contribution is 5.95. The van der Waals surface area contributed by atoms with E-state index in [-0.39, 0.29) is 11.8 Å². The third-order valence-electron chi connectivity index (χ3n) is 3.82. The molecule has 1 fully saturated rings. The predicted octanol–water partition coefficient (Wildman–Crippen LogP) is 3.05. The summed E-state index contributed by atoms with van der Waals surface area (Å²) in [5, 5.41) is 2.71. The van der Waals surface area contributed by atoms with Gasteiger partial charge in [0.2, 0.25) is 5.91 Å². The molecule has 0 heterocycles. The molecule has 0 aliphatic heterocycles. The van der Waals surface area contributed by atoms with E-state index in [2.05, 4.69) is 5.32 Å². The standard InChI is InChI=1S/C16H22N2O2/c1-3-18(15-6-4-5-7-15)16(20)13-8-10-14(11-9-13)17-12(2)19/h8-11,15H,3-7H2,1-2H3,(H,17,19). The number of benzene rings is 1. The summed E-state index contributed by atoms with van der Waals surface area (Å²) in [6.07, 6.45) is 4.67. The zero-order valence-electron chi connectivity index (χ0n) is 12.2. The first kappa shape index (κ1) is 14.6. The maximum absolute atomic E-state index is 12.5. The Balaban J connectivity index is 2.08. The van der Waals surface area contributed by atoms with Crippen molar-refractivity contribution in [2.45, 2.75) is 45.6 Å². The van der Waals surface area contributed by atoms with Gasteiger partial charge in [-0.2, -0.15) is 0 Å². The maximum atomic E-state index is 12.5. The van der Waals surface area contributed by atoms with Crippen LogP contribution in [0.25, 0.3) is 0 Å². The lowest BCUT2D eigenvalue weighted by molar-refractivity contribution is -0.114. The molecular weight excluding hydrogens is 252 g/mol. The van der Waals surface area contributed by atoms with Gasteiger partial charge in [0.05, 0.1) is 0 Å². The van der Waals surface area contributed by atoms with Crippen molar-refractivity contribution in [3.05, 3.63) is 29.8 Å². The fourth-order valence-corrected chi connectivity index (χ4v) is 2.85. The number of carbonyl (C=O) groups excluding carboxylic acids is 2. The summed E-state index contributed by atoms with van der Waals surface area (Å²) in [7, 11) is 0. The van der Waals surface area contributed by atoms with Crippen LogP contribution in [0.3, 0.4) is 0 Å². The summed E-state index contributed by atoms with van der Waals surface area (Å²) in [4.78, 5) is 25.5. The molecule has 1 saturated carbocycles. The van der Waals surface area contributed by atoms with Gasteiger partial charge in [0, 0.05) is 30.8 Å². The molecule has 20 heavy (non-hydrogen) atoms. The first-order chi connectivity index (χ1) is 9.61. The summed E-state index contributed by atoms with van der Waals surface area (Å²) in [6.45, 7) is 4.25. The van der Waals surface area contributed by atoms with Crippen LogP contribution in [0.15, 0.2) is 24.3 Å². The molecule has 1 N–H and O–H groups in total. The monoisotopic (exact) mass is 274 g/mol. The average Bonchev–Trinajstić information content (AvgIpc) is 2.93. The van der Waals surface area contributed by atoms with Gasteiger partial charge in [-0.05, 0) is 44.0 Å². The van der Waals surface area contributed by atoms with Gasteiger partial charge in [0.1, 0.15) is 0 Å². The SMILES string of the molecule is CCN(C(=O)c1ccc(NC(C)=O)cc1)C1CCCC1. The van der Waals surface area contributed by atoms with Crippen LogP contribution in [-0.4, -0.2) is 29.3 Å². The van der Waals surface area contributed by atoms with E-state index in [0.29, 0.717) is 11.6 Å². The number of amides is 2. The van der Waals surface area contributed by atoms with Crippen molar-refractivity contribution in [2.24, 2.45) is 0 Å². The number of rotatable bonds is 4. The summed E-state index contributed by atoms with van der Waals surface area (Å²) in [5.41, 5.74) is 1.41. The fraction of sp³-hybridized carbons (Fsp3) is 0.500. The molecule has 0 unspecified atom stereocenters. The summed E-state index contributed by atoms with van der Waals surface area (Å²) in [6, 6.07) is 7.51. The third kappa shape index (κ3) is 3.38. The lowest BCUT2D eigenvalue weighted by atomic mass is 10.1. The zero-order chi connectivity index (χ0) is 14.5. The smallest absolute Gasteiger partial charge is 0.254 e. The van der Waals surface area contributed by atoms with Crippen molar-refractivity contribution in [1.82, 2.24) is 4.90 Å². The van der Waals surface area contributed by atoms with Gasteiger partial charge in [-0.3, -0.25) is 9.59 Å². The van der Waals surface area contributed by atoms with Crippen molar-refractivity contribution in [3.8, 4) is 0 Å². The number of carbonyl (C=O) groups is 2. The molecule has 1 aromatic rings. The highest BCUT2D eigenvalue weighted by Crippen LogP contribution is 2.25. The van der Waals surface area contributed by atoms with E-state index >= 15 is 0 Å². The number of nitrogens with one attached hydrogen (secondary N) is 1. The molecule has 0 saturated heterocycles. The van der Waals surface area contributed by atoms with Crippen LogP contribution in [0, 0.1) is 0 Å². The van der Waals surface area contributed by atoms with Crippen molar-refractivity contribution in [3.63, 3.8) is 0 Å². The van der Waals surface area contributed by atoms with Gasteiger partial charge in [0.15, 0.2) is 0 Å². The van der Waals surface area contributed by atoms with E-state index in [1.54, 1.807) is 24.3 Å². The third-order valence-corrected chi connectivity index (χ3v) is 3.82. The molecule has 2 amide bonds. The van der Waals surface area contributed by atoms with Gasteiger partial charge >= 0.3 is 0 Å². The molecule has 0 spiro atoms. The van der Waals surface area contributed by atoms with Crippen molar-refractivity contribution in [1.29, 1.82) is 0 Å². The van der Waals surface area contributed by atoms with Gasteiger partial charge in [-0.1, -0.05) is 12.8 Å². The van der Waals surface area contributed by atoms with E-state index in [9.17, 15) is 9.59 Å². The van der Waals surface area contributed by atoms with Crippen LogP contribution in [0.5, 0.6) is 0 Å². The Hall–Kier alpha value is -1.84. The van der Waals surface area contributed by atoms with Crippen LogP contribution >= 0.6 is 0 Å². The molecule has 4 heteroatoms. The maximum Gasteiger partial charge on any atom is 0.254 e. The van der Waals surface area contributed by atoms with E-state index < -0.39 is 0 Å². The van der Waals surface area contributed by atoms with Crippen molar-refractivity contribution >= 4 is 17.5 Å². The molecule has 4 nitrogen and oxygen atoms in total. The predicted molar refractivity (Wildman–Crippen MR) is 79.7 cm³/mol. The Labute approximate surface area is 120 Å². The average molecular weight is 274 g/mol. The van der Waals surface area contributed by atoms with Gasteiger partial charge < -0.3 is 10.2 Å². The zero-order valence-corrected chi connectivity index (χ0v) is 12.2. The summed E-state index contributed by atoms with van der Waals surface area (Å²) in [5.74, 6) is -0.0148. The van der Waals surface area contributed by atoms with Gasteiger partial charge in [0.25, 0.3) is 5.91 Å². The summed E-state index contributed by atoms with van der Waals surface area (Å²) >= 11 is 0.